The molecule has 0 saturated heterocycles. The van der Waals surface area contributed by atoms with E-state index in [-0.39, 0.29) is 0 Å². The summed E-state index contributed by atoms with van der Waals surface area (Å²) in [6.45, 7) is 3.39. The molecule has 0 aliphatic carbocycles. The number of esters is 1. The van der Waals surface area contributed by atoms with Crippen LogP contribution >= 0.6 is 0 Å². The van der Waals surface area contributed by atoms with Crippen LogP contribution in [0.4, 0.5) is 22.0 Å². The van der Waals surface area contributed by atoms with E-state index in [2.05, 4.69) is 11.3 Å². The standard InChI is InChI=1S/C12H9F5O5S/c1-2-7-3-5-8(6-4-7)9(18)22-10(11(13,14)15)12(16,17)23(19,20)21/h2-6,10H,1H2,(H,19,20,21). The number of rotatable bonds is 5. The van der Waals surface area contributed by atoms with Crippen molar-refractivity contribution in [3.63, 3.8) is 0 Å². The predicted molar refractivity (Wildman–Crippen MR) is 68.3 cm³/mol. The maximum Gasteiger partial charge on any atom is 0.432 e. The maximum atomic E-state index is 13.2. The average molecular weight is 360 g/mol. The summed E-state index contributed by atoms with van der Waals surface area (Å²) in [7, 11) is -6.47. The van der Waals surface area contributed by atoms with Gasteiger partial charge in [-0.15, -0.1) is 0 Å². The quantitative estimate of drug-likeness (QED) is 0.496. The zero-order valence-corrected chi connectivity index (χ0v) is 11.9. The molecule has 0 aromatic heterocycles. The maximum absolute atomic E-state index is 13.2. The minimum atomic E-state index is -6.47. The lowest BCUT2D eigenvalue weighted by Gasteiger charge is -2.26. The number of halogens is 5. The van der Waals surface area contributed by atoms with E-state index < -0.39 is 39.2 Å². The molecule has 11 heteroatoms. The SMILES string of the molecule is C=Cc1ccc(C(=O)OC(C(F)(F)F)C(F)(F)S(=O)(=O)O)cc1. The van der Waals surface area contributed by atoms with Gasteiger partial charge < -0.3 is 4.74 Å². The highest BCUT2D eigenvalue weighted by atomic mass is 32.2. The highest BCUT2D eigenvalue weighted by molar-refractivity contribution is 7.86. The van der Waals surface area contributed by atoms with E-state index in [1.807, 2.05) is 0 Å². The molecular weight excluding hydrogens is 351 g/mol. The fraction of sp³-hybridized carbons (Fsp3) is 0.250. The van der Waals surface area contributed by atoms with Crippen LogP contribution in [0.1, 0.15) is 15.9 Å². The van der Waals surface area contributed by atoms with E-state index in [1.54, 1.807) is 0 Å². The number of carbonyl (C=O) groups excluding carboxylic acids is 1. The van der Waals surface area contributed by atoms with Crippen molar-refractivity contribution in [1.29, 1.82) is 0 Å². The largest absolute Gasteiger partial charge is 0.441 e. The van der Waals surface area contributed by atoms with Crippen LogP contribution in [0.2, 0.25) is 0 Å². The van der Waals surface area contributed by atoms with E-state index in [0.29, 0.717) is 5.56 Å². The molecule has 1 aromatic rings. The van der Waals surface area contributed by atoms with Crippen LogP contribution in [0, 0.1) is 0 Å². The van der Waals surface area contributed by atoms with Gasteiger partial charge in [-0.25, -0.2) is 4.79 Å². The van der Waals surface area contributed by atoms with Crippen LogP contribution in [0.5, 0.6) is 0 Å². The topological polar surface area (TPSA) is 80.7 Å². The lowest BCUT2D eigenvalue weighted by Crippen LogP contribution is -2.52. The Morgan fingerprint density at radius 1 is 1.17 bits per heavy atom. The summed E-state index contributed by atoms with van der Waals surface area (Å²) in [5.41, 5.74) is -0.0480. The van der Waals surface area contributed by atoms with Gasteiger partial charge in [-0.3, -0.25) is 4.55 Å². The van der Waals surface area contributed by atoms with Crippen LogP contribution in [-0.2, 0) is 14.9 Å². The second-order valence-electron chi connectivity index (χ2n) is 4.19. The third-order valence-electron chi connectivity index (χ3n) is 2.55. The first kappa shape index (κ1) is 19.0. The van der Waals surface area contributed by atoms with Crippen LogP contribution < -0.4 is 0 Å². The van der Waals surface area contributed by atoms with Crippen molar-refractivity contribution < 1.29 is 44.5 Å². The highest BCUT2D eigenvalue weighted by Crippen LogP contribution is 2.38. The van der Waals surface area contributed by atoms with Crippen LogP contribution in [-0.4, -0.2) is 36.5 Å². The molecule has 0 fully saturated rings. The van der Waals surface area contributed by atoms with E-state index in [0.717, 1.165) is 12.1 Å². The number of hydrogen-bond acceptors (Lipinski definition) is 4. The minimum absolute atomic E-state index is 0.484. The Kier molecular flexibility index (Phi) is 5.16. The highest BCUT2D eigenvalue weighted by Gasteiger charge is 2.66. The zero-order chi connectivity index (χ0) is 18.1. The van der Waals surface area contributed by atoms with Gasteiger partial charge in [-0.1, -0.05) is 24.8 Å². The monoisotopic (exact) mass is 360 g/mol. The van der Waals surface area contributed by atoms with Gasteiger partial charge in [0.2, 0.25) is 0 Å². The molecule has 0 spiro atoms. The second-order valence-corrected chi connectivity index (χ2v) is 5.68. The number of carbonyl (C=O) groups is 1. The first-order chi connectivity index (χ1) is 10.3. The molecule has 0 aliphatic heterocycles. The molecular formula is C12H9F5O5S. The number of benzene rings is 1. The van der Waals surface area contributed by atoms with Crippen LogP contribution in [0.15, 0.2) is 30.8 Å². The number of hydrogen-bond donors (Lipinski definition) is 1. The van der Waals surface area contributed by atoms with E-state index >= 15 is 0 Å². The predicted octanol–water partition coefficient (Wildman–Crippen LogP) is 2.90. The van der Waals surface area contributed by atoms with E-state index in [9.17, 15) is 35.2 Å². The summed E-state index contributed by atoms with van der Waals surface area (Å²) in [6.07, 6.45) is -8.95. The molecule has 1 aromatic carbocycles. The molecule has 128 valence electrons. The normalized spacial score (nSPS) is 14.2. The Bertz CT molecular complexity index is 694. The lowest BCUT2D eigenvalue weighted by molar-refractivity contribution is -0.248. The molecule has 0 radical (unpaired) electrons. The Hall–Kier alpha value is -2.01. The fourth-order valence-corrected chi connectivity index (χ4v) is 1.84. The Labute approximate surface area is 127 Å². The Balaban J connectivity index is 3.16. The molecule has 0 amide bonds. The molecule has 23 heavy (non-hydrogen) atoms. The van der Waals surface area contributed by atoms with Crippen molar-refractivity contribution in [3.05, 3.63) is 42.0 Å². The summed E-state index contributed by atoms with van der Waals surface area (Å²) in [6, 6.07) is 4.43. The summed E-state index contributed by atoms with van der Waals surface area (Å²) in [5.74, 6) is -1.84. The van der Waals surface area contributed by atoms with Gasteiger partial charge in [0.1, 0.15) is 0 Å². The second kappa shape index (κ2) is 6.24. The van der Waals surface area contributed by atoms with Gasteiger partial charge in [0.25, 0.3) is 6.10 Å². The van der Waals surface area contributed by atoms with Crippen molar-refractivity contribution in [3.8, 4) is 0 Å². The number of alkyl halides is 5. The molecule has 0 heterocycles. The van der Waals surface area contributed by atoms with Crippen molar-refractivity contribution in [1.82, 2.24) is 0 Å². The first-order valence-corrected chi connectivity index (χ1v) is 7.09. The Morgan fingerprint density at radius 3 is 2.00 bits per heavy atom. The summed E-state index contributed by atoms with van der Waals surface area (Å²) in [4.78, 5) is 11.5. The van der Waals surface area contributed by atoms with Gasteiger partial charge in [0.15, 0.2) is 0 Å². The summed E-state index contributed by atoms with van der Waals surface area (Å²) < 4.78 is 97.0. The lowest BCUT2D eigenvalue weighted by atomic mass is 10.1. The molecule has 0 aliphatic rings. The average Bonchev–Trinajstić information content (AvgIpc) is 2.41. The van der Waals surface area contributed by atoms with Crippen molar-refractivity contribution in [2.75, 3.05) is 0 Å². The zero-order valence-electron chi connectivity index (χ0n) is 11.0. The third kappa shape index (κ3) is 4.26. The molecule has 1 rings (SSSR count). The number of ether oxygens (including phenoxy) is 1. The van der Waals surface area contributed by atoms with Gasteiger partial charge in [-0.2, -0.15) is 30.4 Å². The molecule has 0 bridgehead atoms. The van der Waals surface area contributed by atoms with E-state index in [1.165, 1.54) is 18.2 Å². The first-order valence-electron chi connectivity index (χ1n) is 5.65. The molecule has 0 saturated carbocycles. The smallest absolute Gasteiger partial charge is 0.432 e. The molecule has 1 atom stereocenters. The van der Waals surface area contributed by atoms with Crippen molar-refractivity contribution in [2.24, 2.45) is 0 Å². The van der Waals surface area contributed by atoms with Crippen molar-refractivity contribution >= 4 is 22.2 Å². The molecule has 1 N–H and O–H groups in total. The van der Waals surface area contributed by atoms with Crippen LogP contribution in [0.25, 0.3) is 6.08 Å². The van der Waals surface area contributed by atoms with Crippen molar-refractivity contribution in [2.45, 2.75) is 17.5 Å². The summed E-state index contributed by atoms with van der Waals surface area (Å²) in [5, 5.41) is -5.76. The van der Waals surface area contributed by atoms with Crippen LogP contribution in [0.3, 0.4) is 0 Å². The Morgan fingerprint density at radius 2 is 1.65 bits per heavy atom. The van der Waals surface area contributed by atoms with Gasteiger partial charge in [0.05, 0.1) is 5.56 Å². The van der Waals surface area contributed by atoms with E-state index in [4.69, 9.17) is 4.55 Å². The third-order valence-corrected chi connectivity index (χ3v) is 3.46. The van der Waals surface area contributed by atoms with Gasteiger partial charge >= 0.3 is 27.5 Å². The molecule has 5 nitrogen and oxygen atoms in total. The fourth-order valence-electron chi connectivity index (χ4n) is 1.39. The van der Waals surface area contributed by atoms with Gasteiger partial charge in [0, 0.05) is 0 Å². The van der Waals surface area contributed by atoms with Gasteiger partial charge in [-0.05, 0) is 17.7 Å². The summed E-state index contributed by atoms with van der Waals surface area (Å²) >= 11 is 0. The molecule has 1 unspecified atom stereocenters. The minimum Gasteiger partial charge on any atom is -0.441 e.